The minimum Gasteiger partial charge on any atom is -0.481 e. The van der Waals surface area contributed by atoms with Gasteiger partial charge in [-0.15, -0.1) is 0 Å². The van der Waals surface area contributed by atoms with E-state index in [1.165, 1.54) is 6.07 Å². The van der Waals surface area contributed by atoms with Crippen molar-refractivity contribution in [1.29, 1.82) is 0 Å². The third-order valence-electron chi connectivity index (χ3n) is 3.80. The summed E-state index contributed by atoms with van der Waals surface area (Å²) in [5.74, 6) is -1.46. The summed E-state index contributed by atoms with van der Waals surface area (Å²) in [6.07, 6.45) is 3.61. The van der Waals surface area contributed by atoms with E-state index < -0.39 is 5.97 Å². The molecule has 4 nitrogen and oxygen atoms in total. The van der Waals surface area contributed by atoms with Crippen LogP contribution in [-0.4, -0.2) is 17.0 Å². The molecule has 1 unspecified atom stereocenters. The number of carbonyl (C=O) groups is 2. The Hall–Kier alpha value is -0.970. The van der Waals surface area contributed by atoms with Gasteiger partial charge in [-0.05, 0) is 30.4 Å². The molecular formula is C17H22Cl3NO3. The van der Waals surface area contributed by atoms with E-state index in [-0.39, 0.29) is 28.3 Å². The Morgan fingerprint density at radius 3 is 2.38 bits per heavy atom. The number of carboxylic acids is 1. The summed E-state index contributed by atoms with van der Waals surface area (Å²) in [7, 11) is 0. The fourth-order valence-corrected chi connectivity index (χ4v) is 3.66. The third-order valence-corrected chi connectivity index (χ3v) is 4.80. The number of rotatable bonds is 9. The van der Waals surface area contributed by atoms with Crippen LogP contribution in [-0.2, 0) is 9.59 Å². The van der Waals surface area contributed by atoms with Gasteiger partial charge in [-0.25, -0.2) is 0 Å². The topological polar surface area (TPSA) is 66.4 Å². The Morgan fingerprint density at radius 1 is 1.17 bits per heavy atom. The standard InChI is InChI=1S/C17H22Cl3NO3/c1-3-5-6-7-13(22)21-17-12(19)9-11(18)15(16(17)20)10(4-2)8-14(23)24/h9-10H,3-8H2,1-2H3,(H,21,22)(H,23,24). The molecule has 0 heterocycles. The molecule has 1 aromatic carbocycles. The summed E-state index contributed by atoms with van der Waals surface area (Å²) in [6, 6.07) is 1.50. The van der Waals surface area contributed by atoms with Gasteiger partial charge in [-0.1, -0.05) is 61.5 Å². The number of hydrogen-bond donors (Lipinski definition) is 2. The van der Waals surface area contributed by atoms with Crippen molar-refractivity contribution in [2.45, 2.75) is 58.3 Å². The highest BCUT2D eigenvalue weighted by Gasteiger charge is 2.24. The number of nitrogens with one attached hydrogen (secondary N) is 1. The first-order valence-electron chi connectivity index (χ1n) is 8.00. The monoisotopic (exact) mass is 393 g/mol. The smallest absolute Gasteiger partial charge is 0.303 e. The highest BCUT2D eigenvalue weighted by Crippen LogP contribution is 2.43. The molecule has 0 saturated heterocycles. The van der Waals surface area contributed by atoms with E-state index >= 15 is 0 Å². The van der Waals surface area contributed by atoms with Gasteiger partial charge in [-0.3, -0.25) is 9.59 Å². The van der Waals surface area contributed by atoms with Gasteiger partial charge in [0.05, 0.1) is 22.2 Å². The molecular weight excluding hydrogens is 373 g/mol. The van der Waals surface area contributed by atoms with Crippen LogP contribution in [0.5, 0.6) is 0 Å². The first-order valence-corrected chi connectivity index (χ1v) is 9.14. The molecule has 0 aliphatic rings. The number of anilines is 1. The number of hydrogen-bond acceptors (Lipinski definition) is 2. The van der Waals surface area contributed by atoms with Crippen molar-refractivity contribution in [1.82, 2.24) is 0 Å². The van der Waals surface area contributed by atoms with Crippen LogP contribution in [0, 0.1) is 0 Å². The van der Waals surface area contributed by atoms with Crippen molar-refractivity contribution in [2.75, 3.05) is 5.32 Å². The summed E-state index contributed by atoms with van der Waals surface area (Å²) >= 11 is 18.8. The van der Waals surface area contributed by atoms with Crippen molar-refractivity contribution in [3.63, 3.8) is 0 Å². The average Bonchev–Trinajstić information content (AvgIpc) is 2.50. The maximum atomic E-state index is 12.0. The number of benzene rings is 1. The lowest BCUT2D eigenvalue weighted by molar-refractivity contribution is -0.137. The first kappa shape index (κ1) is 21.1. The van der Waals surface area contributed by atoms with Crippen molar-refractivity contribution in [3.05, 3.63) is 26.7 Å². The van der Waals surface area contributed by atoms with E-state index in [1.54, 1.807) is 0 Å². The molecule has 0 bridgehead atoms. The highest BCUT2D eigenvalue weighted by molar-refractivity contribution is 6.43. The number of carboxylic acid groups (broad SMARTS) is 1. The molecule has 0 saturated carbocycles. The Bertz CT molecular complexity index is 605. The number of halogens is 3. The van der Waals surface area contributed by atoms with E-state index in [0.29, 0.717) is 29.1 Å². The largest absolute Gasteiger partial charge is 0.481 e. The van der Waals surface area contributed by atoms with Gasteiger partial charge in [0.2, 0.25) is 5.91 Å². The molecule has 1 atom stereocenters. The fourth-order valence-electron chi connectivity index (χ4n) is 2.49. The Labute approximate surface area is 157 Å². The SMILES string of the molecule is CCCCCC(=O)Nc1c(Cl)cc(Cl)c(C(CC)CC(=O)O)c1Cl. The normalized spacial score (nSPS) is 12.0. The van der Waals surface area contributed by atoms with Crippen molar-refractivity contribution in [2.24, 2.45) is 0 Å². The molecule has 0 fully saturated rings. The van der Waals surface area contributed by atoms with Crippen molar-refractivity contribution < 1.29 is 14.7 Å². The first-order chi connectivity index (χ1) is 11.3. The van der Waals surface area contributed by atoms with Gasteiger partial charge in [0, 0.05) is 11.4 Å². The average molecular weight is 395 g/mol. The van der Waals surface area contributed by atoms with Crippen LogP contribution in [0.2, 0.25) is 15.1 Å². The Balaban J connectivity index is 3.11. The molecule has 0 radical (unpaired) electrons. The van der Waals surface area contributed by atoms with E-state index in [0.717, 1.165) is 19.3 Å². The molecule has 1 aromatic rings. The molecule has 0 spiro atoms. The van der Waals surface area contributed by atoms with Gasteiger partial charge < -0.3 is 10.4 Å². The van der Waals surface area contributed by atoms with Crippen LogP contribution in [0.25, 0.3) is 0 Å². The summed E-state index contributed by atoms with van der Waals surface area (Å²) in [4.78, 5) is 23.1. The van der Waals surface area contributed by atoms with Gasteiger partial charge in [0.25, 0.3) is 0 Å². The Kier molecular flexibility index (Phi) is 8.88. The number of unbranched alkanes of at least 4 members (excludes halogenated alkanes) is 2. The molecule has 1 amide bonds. The molecule has 24 heavy (non-hydrogen) atoms. The summed E-state index contributed by atoms with van der Waals surface area (Å²) in [6.45, 7) is 3.92. The predicted molar refractivity (Wildman–Crippen MR) is 99.5 cm³/mol. The summed E-state index contributed by atoms with van der Waals surface area (Å²) in [5, 5.41) is 12.6. The van der Waals surface area contributed by atoms with Crippen LogP contribution < -0.4 is 5.32 Å². The molecule has 7 heteroatoms. The summed E-state index contributed by atoms with van der Waals surface area (Å²) < 4.78 is 0. The van der Waals surface area contributed by atoms with Crippen LogP contribution in [0.4, 0.5) is 5.69 Å². The van der Waals surface area contributed by atoms with Gasteiger partial charge in [0.1, 0.15) is 0 Å². The maximum absolute atomic E-state index is 12.0. The zero-order chi connectivity index (χ0) is 18.3. The number of carbonyl (C=O) groups excluding carboxylic acids is 1. The molecule has 0 aliphatic carbocycles. The lowest BCUT2D eigenvalue weighted by atomic mass is 9.92. The molecule has 0 aromatic heterocycles. The van der Waals surface area contributed by atoms with E-state index in [4.69, 9.17) is 39.9 Å². The van der Waals surface area contributed by atoms with Crippen LogP contribution in [0.1, 0.15) is 63.9 Å². The molecule has 1 rings (SSSR count). The molecule has 0 aliphatic heterocycles. The van der Waals surface area contributed by atoms with Gasteiger partial charge in [0.15, 0.2) is 0 Å². The number of aliphatic carboxylic acids is 1. The quantitative estimate of drug-likeness (QED) is 0.495. The lowest BCUT2D eigenvalue weighted by Crippen LogP contribution is -2.14. The summed E-state index contributed by atoms with van der Waals surface area (Å²) in [5.41, 5.74) is 0.805. The van der Waals surface area contributed by atoms with Crippen molar-refractivity contribution in [3.8, 4) is 0 Å². The minimum atomic E-state index is -0.936. The molecule has 2 N–H and O–H groups in total. The fraction of sp³-hybridized carbons (Fsp3) is 0.529. The third kappa shape index (κ3) is 5.83. The second kappa shape index (κ2) is 10.1. The highest BCUT2D eigenvalue weighted by atomic mass is 35.5. The van der Waals surface area contributed by atoms with Crippen LogP contribution in [0.15, 0.2) is 6.07 Å². The van der Waals surface area contributed by atoms with Crippen molar-refractivity contribution >= 4 is 52.4 Å². The van der Waals surface area contributed by atoms with E-state index in [2.05, 4.69) is 12.2 Å². The van der Waals surface area contributed by atoms with E-state index in [1.807, 2.05) is 6.92 Å². The molecule has 134 valence electrons. The second-order valence-electron chi connectivity index (χ2n) is 5.65. The number of amides is 1. The Morgan fingerprint density at radius 2 is 1.83 bits per heavy atom. The van der Waals surface area contributed by atoms with Gasteiger partial charge >= 0.3 is 5.97 Å². The zero-order valence-electron chi connectivity index (χ0n) is 13.8. The zero-order valence-corrected chi connectivity index (χ0v) is 16.1. The van der Waals surface area contributed by atoms with Crippen LogP contribution >= 0.6 is 34.8 Å². The lowest BCUT2D eigenvalue weighted by Gasteiger charge is -2.20. The minimum absolute atomic E-state index is 0.0958. The maximum Gasteiger partial charge on any atom is 0.303 e. The predicted octanol–water partition coefficient (Wildman–Crippen LogP) is 6.13. The van der Waals surface area contributed by atoms with E-state index in [9.17, 15) is 9.59 Å². The van der Waals surface area contributed by atoms with Crippen LogP contribution in [0.3, 0.4) is 0 Å². The van der Waals surface area contributed by atoms with Gasteiger partial charge in [-0.2, -0.15) is 0 Å². The second-order valence-corrected chi connectivity index (χ2v) is 6.84.